The van der Waals surface area contributed by atoms with Crippen molar-refractivity contribution in [3.05, 3.63) is 71.4 Å². The lowest BCUT2D eigenvalue weighted by atomic mass is 10.1. The third kappa shape index (κ3) is 5.03. The van der Waals surface area contributed by atoms with E-state index in [-0.39, 0.29) is 24.2 Å². The highest BCUT2D eigenvalue weighted by Gasteiger charge is 2.29. The van der Waals surface area contributed by atoms with E-state index in [1.54, 1.807) is 47.1 Å². The first-order valence-electron chi connectivity index (χ1n) is 12.5. The molecule has 3 aromatic heterocycles. The van der Waals surface area contributed by atoms with Gasteiger partial charge in [0.25, 0.3) is 5.91 Å². The summed E-state index contributed by atoms with van der Waals surface area (Å²) >= 11 is 0. The second-order valence-corrected chi connectivity index (χ2v) is 9.29. The van der Waals surface area contributed by atoms with Crippen molar-refractivity contribution in [2.45, 2.75) is 25.9 Å². The van der Waals surface area contributed by atoms with Gasteiger partial charge in [-0.2, -0.15) is 14.9 Å². The van der Waals surface area contributed by atoms with Gasteiger partial charge in [-0.25, -0.2) is 19.3 Å². The molecule has 1 aliphatic rings. The SMILES string of the molecule is CCc1ncncc1-c1cc2nc(C(=O)NCc3ccc(C#N)cc3)cc(N3CCN(C)C[C@H]3CF)n2n1. The highest BCUT2D eigenvalue weighted by molar-refractivity contribution is 5.93. The quantitative estimate of drug-likeness (QED) is 0.401. The second-order valence-electron chi connectivity index (χ2n) is 9.29. The third-order valence-electron chi connectivity index (χ3n) is 6.74. The van der Waals surface area contributed by atoms with Gasteiger partial charge < -0.3 is 15.1 Å². The minimum atomic E-state index is -0.533. The van der Waals surface area contributed by atoms with E-state index in [1.807, 2.05) is 18.9 Å². The van der Waals surface area contributed by atoms with Gasteiger partial charge in [0.1, 0.15) is 24.5 Å². The van der Waals surface area contributed by atoms with E-state index in [2.05, 4.69) is 31.2 Å². The predicted molar refractivity (Wildman–Crippen MR) is 140 cm³/mol. The van der Waals surface area contributed by atoms with E-state index >= 15 is 0 Å². The van der Waals surface area contributed by atoms with Gasteiger partial charge in [0, 0.05) is 50.1 Å². The normalized spacial score (nSPS) is 15.9. The van der Waals surface area contributed by atoms with Crippen LogP contribution in [0.1, 0.15) is 34.2 Å². The fraction of sp³-hybridized carbons (Fsp3) is 0.333. The number of fused-ring (bicyclic) bond motifs is 1. The molecule has 1 fully saturated rings. The predicted octanol–water partition coefficient (Wildman–Crippen LogP) is 2.64. The Morgan fingerprint density at radius 2 is 2.05 bits per heavy atom. The lowest BCUT2D eigenvalue weighted by Gasteiger charge is -2.40. The largest absolute Gasteiger partial charge is 0.348 e. The van der Waals surface area contributed by atoms with Crippen LogP contribution in [0.5, 0.6) is 0 Å². The molecule has 0 saturated carbocycles. The van der Waals surface area contributed by atoms with Crippen LogP contribution in [0.3, 0.4) is 0 Å². The molecule has 5 rings (SSSR count). The maximum atomic E-state index is 14.1. The molecule has 1 amide bonds. The molecular weight excluding hydrogens is 485 g/mol. The van der Waals surface area contributed by atoms with Crippen molar-refractivity contribution in [2.24, 2.45) is 0 Å². The fourth-order valence-electron chi connectivity index (χ4n) is 4.68. The number of rotatable bonds is 7. The summed E-state index contributed by atoms with van der Waals surface area (Å²) in [6.45, 7) is 3.65. The van der Waals surface area contributed by atoms with Gasteiger partial charge in [-0.1, -0.05) is 19.1 Å². The van der Waals surface area contributed by atoms with Gasteiger partial charge in [-0.05, 0) is 31.2 Å². The number of nitrogens with zero attached hydrogens (tertiary/aromatic N) is 8. The Bertz CT molecular complexity index is 1490. The number of carbonyl (C=O) groups excluding carboxylic acids is 1. The number of anilines is 1. The maximum Gasteiger partial charge on any atom is 0.270 e. The average Bonchev–Trinajstić information content (AvgIpc) is 3.40. The Morgan fingerprint density at radius 1 is 1.24 bits per heavy atom. The number of amides is 1. The zero-order chi connectivity index (χ0) is 26.6. The summed E-state index contributed by atoms with van der Waals surface area (Å²) in [6.07, 6.45) is 3.93. The Labute approximate surface area is 219 Å². The van der Waals surface area contributed by atoms with E-state index < -0.39 is 6.67 Å². The van der Waals surface area contributed by atoms with Crippen molar-refractivity contribution in [3.8, 4) is 17.3 Å². The van der Waals surface area contributed by atoms with Gasteiger partial charge in [0.2, 0.25) is 0 Å². The molecule has 1 N–H and O–H groups in total. The highest BCUT2D eigenvalue weighted by atomic mass is 19.1. The zero-order valence-corrected chi connectivity index (χ0v) is 21.3. The number of likely N-dealkylation sites (N-methyl/N-ethyl adjacent to an activating group) is 1. The average molecular weight is 514 g/mol. The molecule has 1 aromatic carbocycles. The summed E-state index contributed by atoms with van der Waals surface area (Å²) in [5.74, 6) is 0.250. The van der Waals surface area contributed by atoms with Crippen molar-refractivity contribution in [1.29, 1.82) is 5.26 Å². The topological polar surface area (TPSA) is 115 Å². The maximum absolute atomic E-state index is 14.1. The molecule has 0 spiro atoms. The van der Waals surface area contributed by atoms with Gasteiger partial charge in [0.15, 0.2) is 5.65 Å². The van der Waals surface area contributed by atoms with Crippen molar-refractivity contribution in [2.75, 3.05) is 38.3 Å². The van der Waals surface area contributed by atoms with Crippen molar-refractivity contribution < 1.29 is 9.18 Å². The number of halogens is 1. The first kappa shape index (κ1) is 25.2. The number of aromatic nitrogens is 5. The standard InChI is InChI=1S/C27H28FN9O/c1-3-22-21(15-30-17-32-22)23-10-25-33-24(27(38)31-14-19-6-4-18(13-29)5-7-19)11-26(37(25)34-23)36-9-8-35(2)16-20(36)12-28/h4-7,10-11,15,17,20H,3,8-9,12,14,16H2,1-2H3,(H,31,38)/t20-/m1/s1. The lowest BCUT2D eigenvalue weighted by Crippen LogP contribution is -2.53. The molecule has 0 aliphatic carbocycles. The number of aryl methyl sites for hydroxylation is 1. The van der Waals surface area contributed by atoms with Crippen LogP contribution in [0.25, 0.3) is 16.9 Å². The number of hydrogen-bond donors (Lipinski definition) is 1. The molecule has 4 aromatic rings. The number of carbonyl (C=O) groups is 1. The molecule has 194 valence electrons. The molecule has 1 saturated heterocycles. The van der Waals surface area contributed by atoms with E-state index in [0.29, 0.717) is 42.2 Å². The molecule has 0 unspecified atom stereocenters. The monoisotopic (exact) mass is 513 g/mol. The number of hydrogen-bond acceptors (Lipinski definition) is 8. The molecule has 1 aliphatic heterocycles. The van der Waals surface area contributed by atoms with Crippen LogP contribution in [0, 0.1) is 11.3 Å². The summed E-state index contributed by atoms with van der Waals surface area (Å²) in [7, 11) is 1.97. The highest BCUT2D eigenvalue weighted by Crippen LogP contribution is 2.27. The lowest BCUT2D eigenvalue weighted by molar-refractivity contribution is 0.0946. The van der Waals surface area contributed by atoms with E-state index in [0.717, 1.165) is 23.4 Å². The zero-order valence-electron chi connectivity index (χ0n) is 21.3. The number of nitriles is 1. The number of benzene rings is 1. The molecule has 0 radical (unpaired) electrons. The molecule has 1 atom stereocenters. The summed E-state index contributed by atoms with van der Waals surface area (Å²) in [5, 5.41) is 16.7. The number of piperazine rings is 1. The Hall–Kier alpha value is -4.43. The molecule has 0 bridgehead atoms. The van der Waals surface area contributed by atoms with Crippen molar-refractivity contribution in [1.82, 2.24) is 34.8 Å². The smallest absolute Gasteiger partial charge is 0.270 e. The summed E-state index contributed by atoms with van der Waals surface area (Å²) in [5.41, 5.74) is 4.38. The van der Waals surface area contributed by atoms with E-state index in [4.69, 9.17) is 10.4 Å². The Balaban J connectivity index is 1.54. The van der Waals surface area contributed by atoms with Crippen LogP contribution >= 0.6 is 0 Å². The molecule has 10 nitrogen and oxygen atoms in total. The molecule has 38 heavy (non-hydrogen) atoms. The fourth-order valence-corrected chi connectivity index (χ4v) is 4.68. The van der Waals surface area contributed by atoms with Gasteiger partial charge in [-0.15, -0.1) is 0 Å². The van der Waals surface area contributed by atoms with E-state index in [1.165, 1.54) is 6.33 Å². The van der Waals surface area contributed by atoms with Crippen molar-refractivity contribution >= 4 is 17.4 Å². The second kappa shape index (κ2) is 10.9. The van der Waals surface area contributed by atoms with Gasteiger partial charge in [0.05, 0.1) is 29.1 Å². The first-order chi connectivity index (χ1) is 18.5. The van der Waals surface area contributed by atoms with Gasteiger partial charge in [-0.3, -0.25) is 4.79 Å². The molecule has 11 heteroatoms. The summed E-state index contributed by atoms with van der Waals surface area (Å²) < 4.78 is 15.8. The van der Waals surface area contributed by atoms with Crippen molar-refractivity contribution in [3.63, 3.8) is 0 Å². The van der Waals surface area contributed by atoms with E-state index in [9.17, 15) is 9.18 Å². The summed E-state index contributed by atoms with van der Waals surface area (Å²) in [6, 6.07) is 12.2. The minimum absolute atomic E-state index is 0.212. The molecular formula is C27H28FN9O. The van der Waals surface area contributed by atoms with Crippen LogP contribution in [-0.2, 0) is 13.0 Å². The van der Waals surface area contributed by atoms with Crippen LogP contribution in [0.4, 0.5) is 10.2 Å². The molecule has 4 heterocycles. The van der Waals surface area contributed by atoms with Crippen LogP contribution < -0.4 is 10.2 Å². The number of alkyl halides is 1. The minimum Gasteiger partial charge on any atom is -0.348 e. The number of nitrogens with one attached hydrogen (secondary N) is 1. The van der Waals surface area contributed by atoms with Crippen LogP contribution in [0.2, 0.25) is 0 Å². The van der Waals surface area contributed by atoms with Crippen LogP contribution in [-0.4, -0.2) is 74.8 Å². The Kier molecular flexibility index (Phi) is 7.24. The third-order valence-corrected chi connectivity index (χ3v) is 6.74. The Morgan fingerprint density at radius 3 is 2.79 bits per heavy atom. The summed E-state index contributed by atoms with van der Waals surface area (Å²) in [4.78, 5) is 30.4. The van der Waals surface area contributed by atoms with Gasteiger partial charge >= 0.3 is 0 Å². The van der Waals surface area contributed by atoms with Crippen LogP contribution in [0.15, 0.2) is 48.9 Å². The first-order valence-corrected chi connectivity index (χ1v) is 12.5.